The van der Waals surface area contributed by atoms with Crippen LogP contribution < -0.4 is 5.73 Å². The predicted octanol–water partition coefficient (Wildman–Crippen LogP) is 3.29. The quantitative estimate of drug-likeness (QED) is 0.778. The standard InChI is InChI=1S/C17H17N3O/c18-10-4-7-15-16(13-5-2-1-3-6-13)17(20-21-15)14-8-11-19-12-9-14/h1-3,5-6,8-9,11-12H,4,7,10,18H2. The van der Waals surface area contributed by atoms with Crippen LogP contribution in [0, 0.1) is 0 Å². The van der Waals surface area contributed by atoms with Crippen LogP contribution in [0.25, 0.3) is 22.4 Å². The molecule has 0 aliphatic heterocycles. The van der Waals surface area contributed by atoms with Crippen molar-refractivity contribution in [3.05, 3.63) is 60.6 Å². The lowest BCUT2D eigenvalue weighted by atomic mass is 9.98. The van der Waals surface area contributed by atoms with Gasteiger partial charge in [-0.25, -0.2) is 0 Å². The molecule has 106 valence electrons. The minimum atomic E-state index is 0.638. The summed E-state index contributed by atoms with van der Waals surface area (Å²) in [5, 5.41) is 4.27. The molecule has 0 atom stereocenters. The van der Waals surface area contributed by atoms with Crippen LogP contribution in [0.15, 0.2) is 59.4 Å². The Morgan fingerprint density at radius 3 is 2.43 bits per heavy atom. The van der Waals surface area contributed by atoms with Gasteiger partial charge in [-0.05, 0) is 30.7 Å². The summed E-state index contributed by atoms with van der Waals surface area (Å²) in [6.45, 7) is 0.638. The Hall–Kier alpha value is -2.46. The number of hydrogen-bond acceptors (Lipinski definition) is 4. The lowest BCUT2D eigenvalue weighted by molar-refractivity contribution is 0.384. The molecular weight excluding hydrogens is 262 g/mol. The summed E-state index contributed by atoms with van der Waals surface area (Å²) in [6.07, 6.45) is 5.19. The van der Waals surface area contributed by atoms with Gasteiger partial charge in [0.1, 0.15) is 11.5 Å². The Labute approximate surface area is 123 Å². The molecule has 0 saturated carbocycles. The molecule has 1 aromatic carbocycles. The zero-order valence-electron chi connectivity index (χ0n) is 11.7. The minimum Gasteiger partial charge on any atom is -0.360 e. The summed E-state index contributed by atoms with van der Waals surface area (Å²) < 4.78 is 5.58. The van der Waals surface area contributed by atoms with E-state index < -0.39 is 0 Å². The molecule has 2 N–H and O–H groups in total. The Bertz CT molecular complexity index is 693. The fourth-order valence-electron chi connectivity index (χ4n) is 2.37. The number of hydrogen-bond donors (Lipinski definition) is 1. The van der Waals surface area contributed by atoms with E-state index in [1.165, 1.54) is 0 Å². The van der Waals surface area contributed by atoms with Crippen molar-refractivity contribution in [3.8, 4) is 22.4 Å². The molecule has 0 saturated heterocycles. The van der Waals surface area contributed by atoms with Crippen molar-refractivity contribution in [2.45, 2.75) is 12.8 Å². The molecule has 0 bridgehead atoms. The number of nitrogens with two attached hydrogens (primary N) is 1. The zero-order chi connectivity index (χ0) is 14.5. The van der Waals surface area contributed by atoms with Crippen molar-refractivity contribution < 1.29 is 4.52 Å². The molecule has 4 heteroatoms. The van der Waals surface area contributed by atoms with Crippen LogP contribution in [0.2, 0.25) is 0 Å². The second-order valence-corrected chi connectivity index (χ2v) is 4.82. The molecule has 0 amide bonds. The molecule has 21 heavy (non-hydrogen) atoms. The third-order valence-corrected chi connectivity index (χ3v) is 3.39. The van der Waals surface area contributed by atoms with Crippen LogP contribution in [-0.4, -0.2) is 16.7 Å². The van der Waals surface area contributed by atoms with Gasteiger partial charge in [-0.3, -0.25) is 4.98 Å². The summed E-state index contributed by atoms with van der Waals surface area (Å²) in [6, 6.07) is 14.1. The van der Waals surface area contributed by atoms with Crippen molar-refractivity contribution in [2.75, 3.05) is 6.54 Å². The topological polar surface area (TPSA) is 64.9 Å². The van der Waals surface area contributed by atoms with Crippen molar-refractivity contribution in [1.82, 2.24) is 10.1 Å². The zero-order valence-corrected chi connectivity index (χ0v) is 11.7. The molecule has 0 radical (unpaired) electrons. The molecule has 4 nitrogen and oxygen atoms in total. The highest BCUT2D eigenvalue weighted by Gasteiger charge is 2.18. The third kappa shape index (κ3) is 2.85. The van der Waals surface area contributed by atoms with Crippen LogP contribution in [0.3, 0.4) is 0 Å². The van der Waals surface area contributed by atoms with Crippen LogP contribution in [0.1, 0.15) is 12.2 Å². The van der Waals surface area contributed by atoms with Crippen LogP contribution in [-0.2, 0) is 6.42 Å². The fourth-order valence-corrected chi connectivity index (χ4v) is 2.37. The molecule has 0 aliphatic rings. The number of rotatable bonds is 5. The van der Waals surface area contributed by atoms with Gasteiger partial charge >= 0.3 is 0 Å². The highest BCUT2D eigenvalue weighted by Crippen LogP contribution is 2.34. The van der Waals surface area contributed by atoms with Gasteiger partial charge in [0.15, 0.2) is 0 Å². The van der Waals surface area contributed by atoms with Gasteiger partial charge in [-0.15, -0.1) is 0 Å². The van der Waals surface area contributed by atoms with Crippen molar-refractivity contribution >= 4 is 0 Å². The normalized spacial score (nSPS) is 10.7. The van der Waals surface area contributed by atoms with Crippen molar-refractivity contribution in [3.63, 3.8) is 0 Å². The highest BCUT2D eigenvalue weighted by atomic mass is 16.5. The maximum absolute atomic E-state index is 5.61. The van der Waals surface area contributed by atoms with E-state index in [0.29, 0.717) is 6.54 Å². The summed E-state index contributed by atoms with van der Waals surface area (Å²) in [4.78, 5) is 4.05. The number of nitrogens with zero attached hydrogens (tertiary/aromatic N) is 2. The average Bonchev–Trinajstić information content (AvgIpc) is 2.98. The lowest BCUT2D eigenvalue weighted by Crippen LogP contribution is -2.00. The smallest absolute Gasteiger partial charge is 0.145 e. The molecule has 0 spiro atoms. The van der Waals surface area contributed by atoms with Gasteiger partial charge in [0.05, 0.1) is 5.56 Å². The van der Waals surface area contributed by atoms with Crippen molar-refractivity contribution in [2.24, 2.45) is 5.73 Å². The SMILES string of the molecule is NCCCc1onc(-c2ccncc2)c1-c1ccccc1. The second-order valence-electron chi connectivity index (χ2n) is 4.82. The molecule has 0 fully saturated rings. The van der Waals surface area contributed by atoms with E-state index in [1.807, 2.05) is 30.3 Å². The molecule has 0 aliphatic carbocycles. The Morgan fingerprint density at radius 1 is 0.952 bits per heavy atom. The summed E-state index contributed by atoms with van der Waals surface area (Å²) >= 11 is 0. The van der Waals surface area contributed by atoms with Crippen LogP contribution in [0.5, 0.6) is 0 Å². The molecule has 3 aromatic rings. The van der Waals surface area contributed by atoms with E-state index in [4.69, 9.17) is 10.3 Å². The molecule has 2 heterocycles. The minimum absolute atomic E-state index is 0.638. The number of aryl methyl sites for hydroxylation is 1. The number of benzene rings is 1. The van der Waals surface area contributed by atoms with E-state index in [2.05, 4.69) is 22.3 Å². The largest absolute Gasteiger partial charge is 0.360 e. The Morgan fingerprint density at radius 2 is 1.71 bits per heavy atom. The second kappa shape index (κ2) is 6.33. The Balaban J connectivity index is 2.11. The molecule has 0 unspecified atom stereocenters. The monoisotopic (exact) mass is 279 g/mol. The van der Waals surface area contributed by atoms with Crippen LogP contribution >= 0.6 is 0 Å². The van der Waals surface area contributed by atoms with Gasteiger partial charge in [-0.1, -0.05) is 35.5 Å². The van der Waals surface area contributed by atoms with Gasteiger partial charge in [0, 0.05) is 24.4 Å². The van der Waals surface area contributed by atoms with Gasteiger partial charge in [-0.2, -0.15) is 0 Å². The molecule has 2 aromatic heterocycles. The fraction of sp³-hybridized carbons (Fsp3) is 0.176. The highest BCUT2D eigenvalue weighted by molar-refractivity contribution is 5.81. The summed E-state index contributed by atoms with van der Waals surface area (Å²) in [5.74, 6) is 0.887. The lowest BCUT2D eigenvalue weighted by Gasteiger charge is -2.04. The first-order valence-electron chi connectivity index (χ1n) is 7.04. The first kappa shape index (κ1) is 13.5. The molecular formula is C17H17N3O. The number of pyridine rings is 1. The van der Waals surface area contributed by atoms with E-state index in [-0.39, 0.29) is 0 Å². The van der Waals surface area contributed by atoms with Crippen LogP contribution in [0.4, 0.5) is 0 Å². The third-order valence-electron chi connectivity index (χ3n) is 3.39. The average molecular weight is 279 g/mol. The first-order chi connectivity index (χ1) is 10.4. The first-order valence-corrected chi connectivity index (χ1v) is 7.04. The van der Waals surface area contributed by atoms with E-state index >= 15 is 0 Å². The maximum Gasteiger partial charge on any atom is 0.145 e. The van der Waals surface area contributed by atoms with Gasteiger partial charge in [0.25, 0.3) is 0 Å². The van der Waals surface area contributed by atoms with Crippen molar-refractivity contribution in [1.29, 1.82) is 0 Å². The van der Waals surface area contributed by atoms with E-state index in [0.717, 1.165) is 41.0 Å². The Kier molecular flexibility index (Phi) is 4.07. The van der Waals surface area contributed by atoms with E-state index in [1.54, 1.807) is 12.4 Å². The summed E-state index contributed by atoms with van der Waals surface area (Å²) in [7, 11) is 0. The number of aromatic nitrogens is 2. The maximum atomic E-state index is 5.61. The van der Waals surface area contributed by atoms with E-state index in [9.17, 15) is 0 Å². The summed E-state index contributed by atoms with van der Waals surface area (Å²) in [5.41, 5.74) is 9.64. The molecule has 3 rings (SSSR count). The predicted molar refractivity (Wildman–Crippen MR) is 82.5 cm³/mol. The van der Waals surface area contributed by atoms with Gasteiger partial charge < -0.3 is 10.3 Å². The van der Waals surface area contributed by atoms with Gasteiger partial charge in [0.2, 0.25) is 0 Å².